The van der Waals surface area contributed by atoms with Crippen LogP contribution in [0.5, 0.6) is 5.75 Å². The monoisotopic (exact) mass is 512 g/mol. The number of carbonyl (C=O) groups is 3. The Balaban J connectivity index is 1.34. The van der Waals surface area contributed by atoms with Gasteiger partial charge >= 0.3 is 0 Å². The number of fused-ring (bicyclic) bond motifs is 1. The average molecular weight is 513 g/mol. The molecule has 0 bridgehead atoms. The van der Waals surface area contributed by atoms with Gasteiger partial charge in [0.1, 0.15) is 11.4 Å². The number of aryl methyl sites for hydroxylation is 2. The van der Waals surface area contributed by atoms with Crippen LogP contribution in [0.1, 0.15) is 60.1 Å². The van der Waals surface area contributed by atoms with E-state index in [1.165, 1.54) is 0 Å². The lowest BCUT2D eigenvalue weighted by atomic mass is 9.73. The zero-order valence-electron chi connectivity index (χ0n) is 21.6. The second-order valence-electron chi connectivity index (χ2n) is 9.93. The molecule has 2 aliphatic rings. The van der Waals surface area contributed by atoms with Crippen LogP contribution in [0.15, 0.2) is 22.8 Å². The molecule has 0 unspecified atom stereocenters. The van der Waals surface area contributed by atoms with Crippen molar-refractivity contribution in [3.8, 4) is 5.75 Å². The summed E-state index contributed by atoms with van der Waals surface area (Å²) >= 11 is 0. The van der Waals surface area contributed by atoms with Gasteiger partial charge in [-0.1, -0.05) is 23.7 Å². The molecule has 0 radical (unpaired) electrons. The van der Waals surface area contributed by atoms with E-state index in [0.29, 0.717) is 74.9 Å². The number of nitrogens with one attached hydrogen (secondary N) is 3. The number of hydrogen-bond acceptors (Lipinski definition) is 8. The van der Waals surface area contributed by atoms with Gasteiger partial charge in [0.25, 0.3) is 5.91 Å². The van der Waals surface area contributed by atoms with Crippen LogP contribution in [-0.2, 0) is 9.59 Å². The van der Waals surface area contributed by atoms with Crippen molar-refractivity contribution in [3.63, 3.8) is 0 Å². The maximum Gasteiger partial charge on any atom is 0.255 e. The fourth-order valence-electron chi connectivity index (χ4n) is 4.99. The zero-order chi connectivity index (χ0) is 26.3. The van der Waals surface area contributed by atoms with E-state index in [4.69, 9.17) is 4.74 Å². The van der Waals surface area contributed by atoms with E-state index in [2.05, 4.69) is 35.8 Å². The Bertz CT molecular complexity index is 1110. The number of amides is 3. The second-order valence-corrected chi connectivity index (χ2v) is 9.93. The molecule has 0 aliphatic carbocycles. The SMILES string of the molecule is Cc1cccc2c1OCCCNC(=O)C1(CCCCNC2=O)CCN(CC(=O)Nc2nonc2C)CC1. The van der Waals surface area contributed by atoms with E-state index in [0.717, 1.165) is 24.8 Å². The fourth-order valence-corrected chi connectivity index (χ4v) is 4.99. The summed E-state index contributed by atoms with van der Waals surface area (Å²) in [6, 6.07) is 5.57. The number of anilines is 1. The summed E-state index contributed by atoms with van der Waals surface area (Å²) in [7, 11) is 0. The molecule has 11 heteroatoms. The fraction of sp³-hybridized carbons (Fsp3) is 0.577. The van der Waals surface area contributed by atoms with Crippen molar-refractivity contribution in [2.75, 3.05) is 44.6 Å². The molecule has 2 aromatic rings. The molecule has 11 nitrogen and oxygen atoms in total. The van der Waals surface area contributed by atoms with E-state index < -0.39 is 5.41 Å². The van der Waals surface area contributed by atoms with E-state index in [9.17, 15) is 14.4 Å². The number of hydrogen-bond donors (Lipinski definition) is 3. The molecule has 37 heavy (non-hydrogen) atoms. The second kappa shape index (κ2) is 12.2. The molecule has 1 saturated heterocycles. The third kappa shape index (κ3) is 6.65. The van der Waals surface area contributed by atoms with Crippen molar-refractivity contribution in [1.82, 2.24) is 25.8 Å². The Labute approximate surface area is 216 Å². The molecular weight excluding hydrogens is 476 g/mol. The number of para-hydroxylation sites is 1. The minimum Gasteiger partial charge on any atom is -0.492 e. The van der Waals surface area contributed by atoms with Crippen LogP contribution in [0.2, 0.25) is 0 Å². The van der Waals surface area contributed by atoms with Gasteiger partial charge in [0.05, 0.1) is 24.1 Å². The minimum absolute atomic E-state index is 0.0661. The van der Waals surface area contributed by atoms with Gasteiger partial charge in [-0.25, -0.2) is 4.63 Å². The Kier molecular flexibility index (Phi) is 8.75. The number of rotatable bonds is 3. The van der Waals surface area contributed by atoms with Gasteiger partial charge in [0.15, 0.2) is 5.82 Å². The highest BCUT2D eigenvalue weighted by atomic mass is 16.6. The molecule has 3 amide bonds. The van der Waals surface area contributed by atoms with Crippen molar-refractivity contribution in [1.29, 1.82) is 0 Å². The van der Waals surface area contributed by atoms with Crippen molar-refractivity contribution in [3.05, 3.63) is 35.0 Å². The predicted octanol–water partition coefficient (Wildman–Crippen LogP) is 2.21. The first-order valence-corrected chi connectivity index (χ1v) is 13.0. The lowest BCUT2D eigenvalue weighted by molar-refractivity contribution is -0.134. The van der Waals surface area contributed by atoms with Crippen LogP contribution < -0.4 is 20.7 Å². The lowest BCUT2D eigenvalue weighted by Gasteiger charge is -2.40. The predicted molar refractivity (Wildman–Crippen MR) is 136 cm³/mol. The van der Waals surface area contributed by atoms with Crippen LogP contribution in [-0.4, -0.2) is 72.3 Å². The topological polar surface area (TPSA) is 139 Å². The number of likely N-dealkylation sites (tertiary alicyclic amines) is 1. The van der Waals surface area contributed by atoms with Crippen LogP contribution in [0.3, 0.4) is 0 Å². The van der Waals surface area contributed by atoms with Crippen LogP contribution in [0.25, 0.3) is 0 Å². The number of aromatic nitrogens is 2. The highest BCUT2D eigenvalue weighted by molar-refractivity contribution is 5.97. The molecule has 1 aromatic carbocycles. The summed E-state index contributed by atoms with van der Waals surface area (Å²) in [5.74, 6) is 0.670. The molecule has 1 spiro atoms. The number of carbonyl (C=O) groups excluding carboxylic acids is 3. The van der Waals surface area contributed by atoms with Crippen molar-refractivity contribution >= 4 is 23.5 Å². The van der Waals surface area contributed by atoms with E-state index >= 15 is 0 Å². The molecule has 4 rings (SSSR count). The summed E-state index contributed by atoms with van der Waals surface area (Å²) in [6.45, 7) is 6.58. The summed E-state index contributed by atoms with van der Waals surface area (Å²) in [4.78, 5) is 40.6. The number of benzene rings is 1. The van der Waals surface area contributed by atoms with Gasteiger partial charge in [0.2, 0.25) is 11.8 Å². The maximum atomic E-state index is 13.4. The van der Waals surface area contributed by atoms with E-state index in [1.54, 1.807) is 13.0 Å². The highest BCUT2D eigenvalue weighted by Gasteiger charge is 2.40. The summed E-state index contributed by atoms with van der Waals surface area (Å²) in [6.07, 6.45) is 4.32. The minimum atomic E-state index is -0.482. The summed E-state index contributed by atoms with van der Waals surface area (Å²) in [5.41, 5.74) is 1.50. The average Bonchev–Trinajstić information content (AvgIpc) is 3.28. The Morgan fingerprint density at radius 3 is 2.59 bits per heavy atom. The molecule has 3 N–H and O–H groups in total. The van der Waals surface area contributed by atoms with Crippen LogP contribution in [0.4, 0.5) is 5.82 Å². The molecule has 0 saturated carbocycles. The quantitative estimate of drug-likeness (QED) is 0.569. The standard InChI is InChI=1S/C26H36N6O5/c1-18-7-5-8-20-22(18)36-16-6-13-28-25(35)26(9-3-4-12-27-24(20)34)10-14-32(15-11-26)17-21(33)29-23-19(2)30-37-31-23/h5,7-8H,3-4,6,9-17H2,1-2H3,(H,27,34)(H,28,35)(H,29,31,33). The van der Waals surface area contributed by atoms with Crippen LogP contribution in [0, 0.1) is 19.3 Å². The number of nitrogens with zero attached hydrogens (tertiary/aromatic N) is 3. The molecule has 200 valence electrons. The van der Waals surface area contributed by atoms with Gasteiger partial charge in [0, 0.05) is 13.1 Å². The van der Waals surface area contributed by atoms with Crippen LogP contribution >= 0.6 is 0 Å². The van der Waals surface area contributed by atoms with Crippen molar-refractivity contribution in [2.45, 2.75) is 52.4 Å². The smallest absolute Gasteiger partial charge is 0.255 e. The summed E-state index contributed by atoms with van der Waals surface area (Å²) in [5, 5.41) is 16.2. The Morgan fingerprint density at radius 1 is 1.05 bits per heavy atom. The lowest BCUT2D eigenvalue weighted by Crippen LogP contribution is -2.50. The van der Waals surface area contributed by atoms with Crippen molar-refractivity contribution in [2.24, 2.45) is 5.41 Å². The normalized spacial score (nSPS) is 19.5. The Morgan fingerprint density at radius 2 is 1.84 bits per heavy atom. The number of ether oxygens (including phenoxy) is 1. The molecule has 1 fully saturated rings. The molecule has 3 heterocycles. The van der Waals surface area contributed by atoms with Gasteiger partial charge in [-0.15, -0.1) is 0 Å². The maximum absolute atomic E-state index is 13.4. The highest BCUT2D eigenvalue weighted by Crippen LogP contribution is 2.37. The van der Waals surface area contributed by atoms with E-state index in [-0.39, 0.29) is 24.3 Å². The van der Waals surface area contributed by atoms with Gasteiger partial charge in [-0.2, -0.15) is 0 Å². The summed E-state index contributed by atoms with van der Waals surface area (Å²) < 4.78 is 10.6. The third-order valence-corrected chi connectivity index (χ3v) is 7.25. The van der Waals surface area contributed by atoms with Crippen molar-refractivity contribution < 1.29 is 23.7 Å². The van der Waals surface area contributed by atoms with Gasteiger partial charge < -0.3 is 20.7 Å². The van der Waals surface area contributed by atoms with Gasteiger partial charge in [-0.3, -0.25) is 19.3 Å². The third-order valence-electron chi connectivity index (χ3n) is 7.25. The first-order valence-electron chi connectivity index (χ1n) is 13.0. The molecule has 2 aliphatic heterocycles. The molecule has 0 atom stereocenters. The molecular formula is C26H36N6O5. The zero-order valence-corrected chi connectivity index (χ0v) is 21.6. The first kappa shape index (κ1) is 26.6. The Hall–Kier alpha value is -3.47. The first-order chi connectivity index (χ1) is 17.9. The molecule has 1 aromatic heterocycles. The largest absolute Gasteiger partial charge is 0.492 e. The van der Waals surface area contributed by atoms with E-state index in [1.807, 2.05) is 19.1 Å². The van der Waals surface area contributed by atoms with Gasteiger partial charge in [-0.05, 0) is 75.8 Å². The number of piperidine rings is 1.